The van der Waals surface area contributed by atoms with Gasteiger partial charge in [-0.2, -0.15) is 5.26 Å². The molecule has 2 aromatic rings. The lowest BCUT2D eigenvalue weighted by molar-refractivity contribution is 0.142. The molecule has 1 aliphatic rings. The van der Waals surface area contributed by atoms with Gasteiger partial charge >= 0.3 is 0 Å². The Morgan fingerprint density at radius 2 is 2.47 bits per heavy atom. The van der Waals surface area contributed by atoms with Gasteiger partial charge in [-0.25, -0.2) is 4.68 Å². The average Bonchev–Trinajstić information content (AvgIpc) is 3.09. The third-order valence-electron chi connectivity index (χ3n) is 2.82. The molecule has 0 unspecified atom stereocenters. The zero-order valence-electron chi connectivity index (χ0n) is 10.2. The summed E-state index contributed by atoms with van der Waals surface area (Å²) >= 11 is 1.74. The maximum Gasteiger partial charge on any atom is 0.148 e. The Bertz CT molecular complexity index is 613. The molecule has 0 amide bonds. The van der Waals surface area contributed by atoms with Crippen molar-refractivity contribution in [1.29, 1.82) is 5.26 Å². The molecule has 1 fully saturated rings. The lowest BCUT2D eigenvalue weighted by atomic mass is 10.1. The number of ether oxygens (including phenoxy) is 1. The van der Waals surface area contributed by atoms with E-state index in [0.29, 0.717) is 12.1 Å². The van der Waals surface area contributed by atoms with Gasteiger partial charge in [0.1, 0.15) is 11.1 Å². The number of nitrogens with zero attached hydrogens (tertiary/aromatic N) is 4. The smallest absolute Gasteiger partial charge is 0.148 e. The van der Waals surface area contributed by atoms with Crippen LogP contribution in [0.25, 0.3) is 0 Å². The van der Waals surface area contributed by atoms with Crippen LogP contribution in [0.15, 0.2) is 30.5 Å². The number of hydrogen-bond acceptors (Lipinski definition) is 5. The minimum Gasteiger partial charge on any atom is -0.360 e. The molecule has 0 N–H and O–H groups in total. The molecule has 96 valence electrons. The van der Waals surface area contributed by atoms with Crippen LogP contribution in [0.5, 0.6) is 0 Å². The first-order chi connectivity index (χ1) is 9.35. The highest BCUT2D eigenvalue weighted by Crippen LogP contribution is 2.33. The normalized spacial score (nSPS) is 18.4. The Labute approximate surface area is 115 Å². The van der Waals surface area contributed by atoms with Crippen LogP contribution < -0.4 is 0 Å². The first-order valence-corrected chi connectivity index (χ1v) is 7.02. The zero-order valence-corrected chi connectivity index (χ0v) is 11.0. The van der Waals surface area contributed by atoms with Gasteiger partial charge in [-0.3, -0.25) is 0 Å². The van der Waals surface area contributed by atoms with E-state index >= 15 is 0 Å². The molecule has 1 aromatic carbocycles. The van der Waals surface area contributed by atoms with Crippen LogP contribution in [0, 0.1) is 11.3 Å². The van der Waals surface area contributed by atoms with Gasteiger partial charge in [0.15, 0.2) is 0 Å². The van der Waals surface area contributed by atoms with E-state index in [9.17, 15) is 0 Å². The van der Waals surface area contributed by atoms with E-state index in [1.807, 2.05) is 24.4 Å². The number of rotatable bonds is 3. The Balaban J connectivity index is 1.74. The number of thioether (sulfide) groups is 1. The highest BCUT2D eigenvalue weighted by atomic mass is 32.2. The maximum atomic E-state index is 8.87. The summed E-state index contributed by atoms with van der Waals surface area (Å²) in [6, 6.07) is 9.64. The monoisotopic (exact) mass is 272 g/mol. The van der Waals surface area contributed by atoms with E-state index in [0.717, 1.165) is 23.6 Å². The van der Waals surface area contributed by atoms with Crippen molar-refractivity contribution in [3.63, 3.8) is 0 Å². The van der Waals surface area contributed by atoms with Crippen molar-refractivity contribution in [2.45, 2.75) is 12.0 Å². The van der Waals surface area contributed by atoms with E-state index in [4.69, 9.17) is 10.00 Å². The van der Waals surface area contributed by atoms with E-state index < -0.39 is 0 Å². The lowest BCUT2D eigenvalue weighted by Crippen LogP contribution is -2.00. The molecule has 0 saturated carbocycles. The van der Waals surface area contributed by atoms with Crippen LogP contribution in [0.4, 0.5) is 0 Å². The highest BCUT2D eigenvalue weighted by molar-refractivity contribution is 7.99. The van der Waals surface area contributed by atoms with Crippen molar-refractivity contribution in [2.24, 2.45) is 0 Å². The molecule has 1 aromatic heterocycles. The van der Waals surface area contributed by atoms with Gasteiger partial charge in [-0.05, 0) is 17.7 Å². The fraction of sp³-hybridized carbons (Fsp3) is 0.308. The van der Waals surface area contributed by atoms with Crippen LogP contribution in [0.1, 0.15) is 22.3 Å². The lowest BCUT2D eigenvalue weighted by Gasteiger charge is -2.03. The molecule has 19 heavy (non-hydrogen) atoms. The van der Waals surface area contributed by atoms with Gasteiger partial charge in [0.05, 0.1) is 31.0 Å². The van der Waals surface area contributed by atoms with Crippen molar-refractivity contribution < 1.29 is 4.74 Å². The predicted octanol–water partition coefficient (Wildman–Crippen LogP) is 1.96. The third-order valence-corrected chi connectivity index (χ3v) is 3.90. The fourth-order valence-corrected chi connectivity index (χ4v) is 2.83. The van der Waals surface area contributed by atoms with Gasteiger partial charge in [-0.1, -0.05) is 17.3 Å². The maximum absolute atomic E-state index is 8.87. The van der Waals surface area contributed by atoms with Gasteiger partial charge < -0.3 is 4.74 Å². The van der Waals surface area contributed by atoms with Gasteiger partial charge in [0.2, 0.25) is 0 Å². The van der Waals surface area contributed by atoms with Gasteiger partial charge in [0, 0.05) is 5.75 Å². The summed E-state index contributed by atoms with van der Waals surface area (Å²) in [4.78, 5) is 0. The Kier molecular flexibility index (Phi) is 3.49. The molecule has 2 heterocycles. The number of aromatic nitrogens is 3. The third kappa shape index (κ3) is 2.78. The molecular weight excluding hydrogens is 260 g/mol. The Hall–Kier alpha value is -1.84. The molecule has 3 rings (SSSR count). The predicted molar refractivity (Wildman–Crippen MR) is 71.4 cm³/mol. The molecule has 0 aliphatic carbocycles. The zero-order chi connectivity index (χ0) is 13.1. The molecule has 0 radical (unpaired) electrons. The van der Waals surface area contributed by atoms with E-state index in [1.54, 1.807) is 22.5 Å². The summed E-state index contributed by atoms with van der Waals surface area (Å²) in [6.07, 6.45) is 1.90. The van der Waals surface area contributed by atoms with Crippen molar-refractivity contribution in [1.82, 2.24) is 15.0 Å². The number of hydrogen-bond donors (Lipinski definition) is 0. The molecule has 1 saturated heterocycles. The molecule has 5 nitrogen and oxygen atoms in total. The summed E-state index contributed by atoms with van der Waals surface area (Å²) in [7, 11) is 0. The molecule has 0 spiro atoms. The van der Waals surface area contributed by atoms with Crippen molar-refractivity contribution >= 4 is 11.8 Å². The Morgan fingerprint density at radius 3 is 3.26 bits per heavy atom. The SMILES string of the molecule is N#Cc1cccc(Cn2cc([C@H]3OCCS3)nn2)c1. The number of benzene rings is 1. The van der Waals surface area contributed by atoms with Crippen LogP contribution >= 0.6 is 11.8 Å². The first kappa shape index (κ1) is 12.2. The standard InChI is InChI=1S/C13H12N4OS/c14-7-10-2-1-3-11(6-10)8-17-9-12(15-16-17)13-18-4-5-19-13/h1-3,6,9,13H,4-5,8H2/t13-/m0/s1. The van der Waals surface area contributed by atoms with Crippen LogP contribution in [-0.4, -0.2) is 27.4 Å². The quantitative estimate of drug-likeness (QED) is 0.854. The van der Waals surface area contributed by atoms with E-state index in [-0.39, 0.29) is 5.44 Å². The minimum absolute atomic E-state index is 0.0131. The van der Waals surface area contributed by atoms with Gasteiger partial charge in [0.25, 0.3) is 0 Å². The van der Waals surface area contributed by atoms with Crippen LogP contribution in [0.3, 0.4) is 0 Å². The molecular formula is C13H12N4OS. The average molecular weight is 272 g/mol. The summed E-state index contributed by atoms with van der Waals surface area (Å²) in [5.74, 6) is 1.00. The molecule has 0 bridgehead atoms. The van der Waals surface area contributed by atoms with E-state index in [2.05, 4.69) is 16.4 Å². The Morgan fingerprint density at radius 1 is 1.53 bits per heavy atom. The molecule has 1 atom stereocenters. The largest absolute Gasteiger partial charge is 0.360 e. The second-order valence-electron chi connectivity index (χ2n) is 4.23. The summed E-state index contributed by atoms with van der Waals surface area (Å²) in [5.41, 5.74) is 2.57. The van der Waals surface area contributed by atoms with Crippen LogP contribution in [0.2, 0.25) is 0 Å². The summed E-state index contributed by atoms with van der Waals surface area (Å²) < 4.78 is 7.32. The van der Waals surface area contributed by atoms with Crippen LogP contribution in [-0.2, 0) is 11.3 Å². The van der Waals surface area contributed by atoms with E-state index in [1.165, 1.54) is 0 Å². The topological polar surface area (TPSA) is 63.7 Å². The molecule has 1 aliphatic heterocycles. The highest BCUT2D eigenvalue weighted by Gasteiger charge is 2.21. The number of nitriles is 1. The second kappa shape index (κ2) is 5.43. The van der Waals surface area contributed by atoms with Crippen molar-refractivity contribution in [3.05, 3.63) is 47.3 Å². The second-order valence-corrected chi connectivity index (χ2v) is 5.40. The fourth-order valence-electron chi connectivity index (χ4n) is 1.95. The first-order valence-electron chi connectivity index (χ1n) is 5.97. The van der Waals surface area contributed by atoms with Crippen molar-refractivity contribution in [2.75, 3.05) is 12.4 Å². The summed E-state index contributed by atoms with van der Waals surface area (Å²) in [6.45, 7) is 1.38. The minimum atomic E-state index is 0.0131. The van der Waals surface area contributed by atoms with Crippen molar-refractivity contribution in [3.8, 4) is 6.07 Å². The summed E-state index contributed by atoms with van der Waals surface area (Å²) in [5, 5.41) is 17.1. The van der Waals surface area contributed by atoms with Gasteiger partial charge in [-0.15, -0.1) is 16.9 Å². The molecule has 6 heteroatoms.